The number of pyridine rings is 2. The minimum absolute atomic E-state index is 0. The molecule has 2 aliphatic rings. The summed E-state index contributed by atoms with van der Waals surface area (Å²) in [5, 5.41) is 26.9. The number of amides is 1. The standard InChI is InChI=1S/C35H36ClNO3S.C17H14Cl2F2N2O3.Na/c1-34(2,40)30-9-4-3-7-25(30)13-17-32(41-23-35(18-19-35)22-33(38)39)27-8-5-6-24(20-27)10-15-29-16-12-26-11-14-28(36)21-31(26)37-29;18-11-6-22-7-12(19)15(11)23-16(24)10-3-4-13(26-17(20)21)14(5-10)25-8-9-1-2-9;/h3-12,14-16,20-21,32,40H,13,17-19,22-23H2,1-2H3,(H,38,39);3-7,9,17H,1-2,8H2,(H,22,23,24);/q;;+1/p-1/b15-10+;;/t32-;;/m1../s1. The molecule has 6 aromatic rings. The van der Waals surface area contributed by atoms with Crippen molar-refractivity contribution in [3.05, 3.63) is 158 Å². The minimum atomic E-state index is -2.99. The zero-order valence-corrected chi connectivity index (χ0v) is 42.9. The second-order valence-corrected chi connectivity index (χ2v) is 19.8. The van der Waals surface area contributed by atoms with Crippen LogP contribution in [-0.4, -0.2) is 45.9 Å². The van der Waals surface area contributed by atoms with Gasteiger partial charge >= 0.3 is 36.2 Å². The van der Waals surface area contributed by atoms with Gasteiger partial charge in [0.1, 0.15) is 0 Å². The van der Waals surface area contributed by atoms with E-state index in [1.165, 1.54) is 36.2 Å². The van der Waals surface area contributed by atoms with Crippen LogP contribution in [0.3, 0.4) is 0 Å². The first kappa shape index (κ1) is 53.1. The van der Waals surface area contributed by atoms with Crippen molar-refractivity contribution in [2.75, 3.05) is 17.7 Å². The van der Waals surface area contributed by atoms with E-state index >= 15 is 0 Å². The Hall–Kier alpha value is -4.24. The number of aromatic nitrogens is 2. The molecule has 2 saturated carbocycles. The van der Waals surface area contributed by atoms with Gasteiger partial charge in [0.2, 0.25) is 0 Å². The number of aryl methyl sites for hydroxylation is 1. The first-order valence-corrected chi connectivity index (χ1v) is 24.0. The molecule has 350 valence electrons. The number of thioether (sulfide) groups is 1. The van der Waals surface area contributed by atoms with Gasteiger partial charge in [-0.3, -0.25) is 9.78 Å². The molecule has 8 rings (SSSR count). The molecular formula is C52H49Cl3F2N3NaO6S. The maximum atomic E-state index is 12.6. The third-order valence-corrected chi connectivity index (χ3v) is 14.0. The van der Waals surface area contributed by atoms with Crippen molar-refractivity contribution in [2.24, 2.45) is 11.3 Å². The smallest absolute Gasteiger partial charge is 0.550 e. The number of ether oxygens (including phenoxy) is 2. The molecule has 0 saturated heterocycles. The molecule has 4 aromatic carbocycles. The molecule has 0 radical (unpaired) electrons. The molecule has 1 amide bonds. The van der Waals surface area contributed by atoms with E-state index in [-0.39, 0.29) is 79.4 Å². The predicted octanol–water partition coefficient (Wildman–Crippen LogP) is 9.65. The molecule has 9 nitrogen and oxygen atoms in total. The number of halogens is 5. The van der Waals surface area contributed by atoms with Gasteiger partial charge in [-0.05, 0) is 141 Å². The van der Waals surface area contributed by atoms with E-state index in [9.17, 15) is 28.6 Å². The average Bonchev–Trinajstić information content (AvgIpc) is 4.24. The molecule has 2 aliphatic carbocycles. The van der Waals surface area contributed by atoms with E-state index in [4.69, 9.17) is 44.5 Å². The number of nitrogens with zero attached hydrogens (tertiary/aromatic N) is 2. The predicted molar refractivity (Wildman–Crippen MR) is 262 cm³/mol. The summed E-state index contributed by atoms with van der Waals surface area (Å²) in [5.41, 5.74) is 5.42. The number of aliphatic carboxylic acids is 1. The number of nitrogens with one attached hydrogen (secondary N) is 1. The second-order valence-electron chi connectivity index (χ2n) is 17.4. The van der Waals surface area contributed by atoms with Crippen LogP contribution in [0.1, 0.15) is 95.9 Å². The molecule has 68 heavy (non-hydrogen) atoms. The molecule has 0 spiro atoms. The molecule has 2 N–H and O–H groups in total. The molecular weight excluding hydrogens is 962 g/mol. The van der Waals surface area contributed by atoms with Gasteiger partial charge in [0, 0.05) is 39.6 Å². The van der Waals surface area contributed by atoms with Crippen molar-refractivity contribution in [1.82, 2.24) is 9.97 Å². The minimum Gasteiger partial charge on any atom is -0.550 e. The summed E-state index contributed by atoms with van der Waals surface area (Å²) in [5.74, 6) is -0.340. The summed E-state index contributed by atoms with van der Waals surface area (Å²) < 4.78 is 35.1. The zero-order valence-electron chi connectivity index (χ0n) is 37.8. The number of hydrogen-bond acceptors (Lipinski definition) is 9. The Labute approximate surface area is 436 Å². The molecule has 2 heterocycles. The maximum absolute atomic E-state index is 12.6. The fourth-order valence-electron chi connectivity index (χ4n) is 7.51. The van der Waals surface area contributed by atoms with E-state index in [0.29, 0.717) is 17.5 Å². The summed E-state index contributed by atoms with van der Waals surface area (Å²) in [6.07, 6.45) is 12.5. The number of aliphatic hydroxyl groups is 1. The van der Waals surface area contributed by atoms with Crippen LogP contribution in [-0.2, 0) is 16.8 Å². The Morgan fingerprint density at radius 1 is 0.941 bits per heavy atom. The third kappa shape index (κ3) is 15.4. The van der Waals surface area contributed by atoms with E-state index in [1.807, 2.05) is 80.2 Å². The maximum Gasteiger partial charge on any atom is 1.00 e. The number of rotatable bonds is 19. The summed E-state index contributed by atoms with van der Waals surface area (Å²) >= 11 is 20.0. The van der Waals surface area contributed by atoms with Gasteiger partial charge in [0.15, 0.2) is 11.5 Å². The van der Waals surface area contributed by atoms with Crippen LogP contribution in [0.4, 0.5) is 14.5 Å². The zero-order chi connectivity index (χ0) is 47.7. The number of benzene rings is 4. The topological polar surface area (TPSA) is 134 Å². The first-order valence-electron chi connectivity index (χ1n) is 21.8. The van der Waals surface area contributed by atoms with Crippen LogP contribution in [0.5, 0.6) is 11.5 Å². The van der Waals surface area contributed by atoms with Crippen LogP contribution >= 0.6 is 46.6 Å². The van der Waals surface area contributed by atoms with Crippen LogP contribution in [0.2, 0.25) is 15.1 Å². The number of anilines is 1. The molecule has 1 atom stereocenters. The molecule has 16 heteroatoms. The van der Waals surface area contributed by atoms with Gasteiger partial charge in [-0.2, -0.15) is 20.5 Å². The molecule has 2 fully saturated rings. The van der Waals surface area contributed by atoms with E-state index in [0.717, 1.165) is 77.6 Å². The van der Waals surface area contributed by atoms with Crippen LogP contribution in [0.15, 0.2) is 109 Å². The third-order valence-electron chi connectivity index (χ3n) is 11.5. The van der Waals surface area contributed by atoms with Crippen molar-refractivity contribution >= 4 is 87.2 Å². The SMILES string of the molecule is CC(C)(O)c1ccccc1CC[C@@H](SCC1(CC(=O)[O-])CC1)c1cccc(/C=C/c2ccc3ccc(Cl)cc3n2)c1.O=C(Nc1c(Cl)cncc1Cl)c1ccc(OC(F)F)c(OCC2CC2)c1.[Na+]. The molecule has 0 bridgehead atoms. The van der Waals surface area contributed by atoms with E-state index in [1.54, 1.807) is 0 Å². The van der Waals surface area contributed by atoms with Crippen LogP contribution in [0.25, 0.3) is 23.1 Å². The number of alkyl halides is 2. The van der Waals surface area contributed by atoms with Gasteiger partial charge < -0.3 is 29.8 Å². The Morgan fingerprint density at radius 3 is 2.37 bits per heavy atom. The average molecular weight is 1010 g/mol. The number of fused-ring (bicyclic) bond motifs is 1. The Balaban J connectivity index is 0.000000243. The fourth-order valence-corrected chi connectivity index (χ4v) is 9.70. The first-order chi connectivity index (χ1) is 32.0. The van der Waals surface area contributed by atoms with E-state index in [2.05, 4.69) is 51.4 Å². The Bertz CT molecular complexity index is 2730. The van der Waals surface area contributed by atoms with Crippen molar-refractivity contribution < 1.29 is 67.6 Å². The normalized spacial score (nSPS) is 14.4. The summed E-state index contributed by atoms with van der Waals surface area (Å²) in [4.78, 5) is 32.4. The molecule has 2 aromatic heterocycles. The molecule has 0 unspecified atom stereocenters. The molecule has 0 aliphatic heterocycles. The van der Waals surface area contributed by atoms with Gasteiger partial charge in [-0.15, -0.1) is 0 Å². The van der Waals surface area contributed by atoms with Crippen molar-refractivity contribution in [1.29, 1.82) is 0 Å². The summed E-state index contributed by atoms with van der Waals surface area (Å²) in [6.45, 7) is 1.03. The number of carboxylic acid groups (broad SMARTS) is 1. The number of hydrogen-bond donors (Lipinski definition) is 2. The Kier molecular flexibility index (Phi) is 18.8. The van der Waals surface area contributed by atoms with E-state index < -0.39 is 24.1 Å². The number of carboxylic acids is 1. The van der Waals surface area contributed by atoms with Crippen molar-refractivity contribution in [3.8, 4) is 11.5 Å². The summed E-state index contributed by atoms with van der Waals surface area (Å²) in [7, 11) is 0. The summed E-state index contributed by atoms with van der Waals surface area (Å²) in [6, 6.07) is 30.3. The van der Waals surface area contributed by atoms with Crippen molar-refractivity contribution in [3.63, 3.8) is 0 Å². The fraction of sp³-hybridized carbons (Fsp3) is 0.308. The van der Waals surface area contributed by atoms with Crippen molar-refractivity contribution in [2.45, 2.75) is 76.3 Å². The quantitative estimate of drug-likeness (QED) is 0.0762. The largest absolute Gasteiger partial charge is 1.00 e. The van der Waals surface area contributed by atoms with Crippen LogP contribution in [0, 0.1) is 11.3 Å². The second kappa shape index (κ2) is 24.1. The van der Waals surface area contributed by atoms with Gasteiger partial charge in [0.25, 0.3) is 5.91 Å². The Morgan fingerprint density at radius 2 is 1.68 bits per heavy atom. The number of carbonyl (C=O) groups is 2. The monoisotopic (exact) mass is 1010 g/mol. The number of carbonyl (C=O) groups excluding carboxylic acids is 2. The van der Waals surface area contributed by atoms with Gasteiger partial charge in [-0.1, -0.05) is 102 Å². The van der Waals surface area contributed by atoms with Gasteiger partial charge in [0.05, 0.1) is 39.2 Å². The van der Waals surface area contributed by atoms with Gasteiger partial charge in [-0.25, -0.2) is 4.98 Å². The van der Waals surface area contributed by atoms with Crippen LogP contribution < -0.4 is 49.5 Å².